The van der Waals surface area contributed by atoms with Crippen molar-refractivity contribution in [3.05, 3.63) is 47.5 Å². The molecule has 0 spiro atoms. The van der Waals surface area contributed by atoms with E-state index < -0.39 is 0 Å². The monoisotopic (exact) mass is 327 g/mol. The molecule has 0 unspecified atom stereocenters. The van der Waals surface area contributed by atoms with Gasteiger partial charge in [0.05, 0.1) is 14.2 Å². The Morgan fingerprint density at radius 3 is 2.58 bits per heavy atom. The quantitative estimate of drug-likeness (QED) is 0.882. The summed E-state index contributed by atoms with van der Waals surface area (Å²) in [6.07, 6.45) is 1.15. The maximum atomic E-state index is 12.5. The van der Waals surface area contributed by atoms with Crippen LogP contribution < -0.4 is 20.1 Å². The predicted octanol–water partition coefficient (Wildman–Crippen LogP) is 2.43. The van der Waals surface area contributed by atoms with Crippen LogP contribution in [0.4, 0.5) is 5.69 Å². The van der Waals surface area contributed by atoms with Gasteiger partial charge in [-0.1, -0.05) is 12.1 Å². The van der Waals surface area contributed by atoms with Crippen molar-refractivity contribution in [2.75, 3.05) is 32.6 Å². The van der Waals surface area contributed by atoms with Gasteiger partial charge >= 0.3 is 0 Å². The second-order valence-electron chi connectivity index (χ2n) is 5.68. The molecule has 1 aliphatic heterocycles. The van der Waals surface area contributed by atoms with Crippen LogP contribution >= 0.6 is 0 Å². The molecule has 1 aromatic heterocycles. The molecular formula is C18H21N3O3. The Morgan fingerprint density at radius 1 is 1.17 bits per heavy atom. The van der Waals surface area contributed by atoms with E-state index in [1.807, 2.05) is 12.1 Å². The van der Waals surface area contributed by atoms with Crippen molar-refractivity contribution in [2.45, 2.75) is 12.3 Å². The number of nitrogens with zero attached hydrogens (tertiary/aromatic N) is 1. The lowest BCUT2D eigenvalue weighted by Gasteiger charge is -2.12. The fraction of sp³-hybridized carbons (Fsp3) is 0.333. The summed E-state index contributed by atoms with van der Waals surface area (Å²) in [6.45, 7) is 2.08. The van der Waals surface area contributed by atoms with Crippen molar-refractivity contribution in [1.29, 1.82) is 0 Å². The summed E-state index contributed by atoms with van der Waals surface area (Å²) in [5.41, 5.74) is 2.40. The second kappa shape index (κ2) is 7.31. The van der Waals surface area contributed by atoms with Crippen LogP contribution in [0.2, 0.25) is 0 Å². The molecule has 2 N–H and O–H groups in total. The number of methoxy groups -OCH3 is 2. The van der Waals surface area contributed by atoms with Crippen LogP contribution in [-0.2, 0) is 0 Å². The van der Waals surface area contributed by atoms with Gasteiger partial charge in [-0.05, 0) is 42.6 Å². The fourth-order valence-electron chi connectivity index (χ4n) is 2.84. The first-order valence-electron chi connectivity index (χ1n) is 7.92. The highest BCUT2D eigenvalue weighted by Crippen LogP contribution is 2.25. The number of pyridine rings is 1. The molecule has 1 aliphatic rings. The minimum absolute atomic E-state index is 0.237. The van der Waals surface area contributed by atoms with E-state index in [4.69, 9.17) is 9.47 Å². The zero-order valence-electron chi connectivity index (χ0n) is 13.8. The van der Waals surface area contributed by atoms with Gasteiger partial charge in [0.2, 0.25) is 11.8 Å². The van der Waals surface area contributed by atoms with Gasteiger partial charge in [0, 0.05) is 18.3 Å². The number of anilines is 1. The normalized spacial score (nSPS) is 16.7. The van der Waals surface area contributed by atoms with Gasteiger partial charge in [-0.25, -0.2) is 0 Å². The van der Waals surface area contributed by atoms with E-state index in [0.717, 1.165) is 25.2 Å². The van der Waals surface area contributed by atoms with Crippen LogP contribution in [0.3, 0.4) is 0 Å². The predicted molar refractivity (Wildman–Crippen MR) is 92.0 cm³/mol. The topological polar surface area (TPSA) is 72.5 Å². The van der Waals surface area contributed by atoms with E-state index >= 15 is 0 Å². The van der Waals surface area contributed by atoms with E-state index in [-0.39, 0.29) is 11.8 Å². The molecule has 1 fully saturated rings. The largest absolute Gasteiger partial charge is 0.481 e. The fourth-order valence-corrected chi connectivity index (χ4v) is 2.84. The Bertz CT molecular complexity index is 710. The number of carbonyl (C=O) groups excluding carboxylic acids is 1. The summed E-state index contributed by atoms with van der Waals surface area (Å²) in [7, 11) is 2.99. The minimum Gasteiger partial charge on any atom is -0.481 e. The van der Waals surface area contributed by atoms with Gasteiger partial charge in [-0.3, -0.25) is 4.79 Å². The minimum atomic E-state index is -0.266. The first-order chi connectivity index (χ1) is 11.7. The highest BCUT2D eigenvalue weighted by atomic mass is 16.5. The first-order valence-corrected chi connectivity index (χ1v) is 7.92. The lowest BCUT2D eigenvalue weighted by molar-refractivity contribution is 0.102. The third-order valence-corrected chi connectivity index (χ3v) is 4.18. The number of hydrogen-bond acceptors (Lipinski definition) is 5. The van der Waals surface area contributed by atoms with Crippen molar-refractivity contribution in [2.24, 2.45) is 0 Å². The van der Waals surface area contributed by atoms with Crippen LogP contribution in [0.5, 0.6) is 11.8 Å². The molecule has 6 heteroatoms. The molecule has 1 amide bonds. The van der Waals surface area contributed by atoms with Crippen LogP contribution in [0.25, 0.3) is 0 Å². The van der Waals surface area contributed by atoms with E-state index in [9.17, 15) is 4.79 Å². The van der Waals surface area contributed by atoms with Crippen LogP contribution in [0, 0.1) is 0 Å². The molecule has 0 radical (unpaired) electrons. The molecule has 1 atom stereocenters. The van der Waals surface area contributed by atoms with Gasteiger partial charge in [0.25, 0.3) is 5.91 Å². The van der Waals surface area contributed by atoms with Gasteiger partial charge in [-0.2, -0.15) is 4.98 Å². The van der Waals surface area contributed by atoms with Crippen molar-refractivity contribution >= 4 is 11.6 Å². The molecule has 2 heterocycles. The number of carbonyl (C=O) groups is 1. The van der Waals surface area contributed by atoms with Gasteiger partial charge in [0.1, 0.15) is 5.56 Å². The van der Waals surface area contributed by atoms with Crippen LogP contribution in [0.15, 0.2) is 36.4 Å². The Morgan fingerprint density at radius 2 is 1.96 bits per heavy atom. The highest BCUT2D eigenvalue weighted by molar-refractivity contribution is 6.05. The summed E-state index contributed by atoms with van der Waals surface area (Å²) in [4.78, 5) is 16.6. The summed E-state index contributed by atoms with van der Waals surface area (Å²) in [5.74, 6) is 0.927. The van der Waals surface area contributed by atoms with E-state index in [1.54, 1.807) is 12.1 Å². The molecule has 24 heavy (non-hydrogen) atoms. The maximum absolute atomic E-state index is 12.5. The van der Waals surface area contributed by atoms with Gasteiger partial charge in [-0.15, -0.1) is 0 Å². The maximum Gasteiger partial charge on any atom is 0.261 e. The number of nitrogens with one attached hydrogen (secondary N) is 2. The van der Waals surface area contributed by atoms with Crippen molar-refractivity contribution < 1.29 is 14.3 Å². The molecule has 6 nitrogen and oxygen atoms in total. The molecule has 0 bridgehead atoms. The molecule has 1 aromatic carbocycles. The summed E-state index contributed by atoms with van der Waals surface area (Å²) < 4.78 is 10.2. The average molecular weight is 327 g/mol. The Labute approximate surface area is 141 Å². The first kappa shape index (κ1) is 16.3. The lowest BCUT2D eigenvalue weighted by atomic mass is 9.98. The summed E-state index contributed by atoms with van der Waals surface area (Å²) in [6, 6.07) is 11.3. The Balaban J connectivity index is 1.72. The molecule has 2 aromatic rings. The zero-order valence-corrected chi connectivity index (χ0v) is 13.8. The summed E-state index contributed by atoms with van der Waals surface area (Å²) >= 11 is 0. The standard InChI is InChI=1S/C18H21N3O3/c1-23-16-8-7-15(18(21-16)24-2)17(22)20-14-5-3-12(4-6-14)13-9-10-19-11-13/h3-8,13,19H,9-11H2,1-2H3,(H,20,22)/t13-/m1/s1. The zero-order chi connectivity index (χ0) is 16.9. The molecule has 1 saturated heterocycles. The van der Waals surface area contributed by atoms with E-state index in [1.165, 1.54) is 19.8 Å². The lowest BCUT2D eigenvalue weighted by Crippen LogP contribution is -2.14. The van der Waals surface area contributed by atoms with Gasteiger partial charge < -0.3 is 20.1 Å². The van der Waals surface area contributed by atoms with Gasteiger partial charge in [0.15, 0.2) is 0 Å². The number of rotatable bonds is 5. The number of amides is 1. The number of benzene rings is 1. The third-order valence-electron chi connectivity index (χ3n) is 4.18. The smallest absolute Gasteiger partial charge is 0.261 e. The summed E-state index contributed by atoms with van der Waals surface area (Å²) in [5, 5.41) is 6.23. The molecule has 126 valence electrons. The van der Waals surface area contributed by atoms with E-state index in [2.05, 4.69) is 27.8 Å². The average Bonchev–Trinajstić information content (AvgIpc) is 3.16. The number of hydrogen-bond donors (Lipinski definition) is 2. The third kappa shape index (κ3) is 3.49. The van der Waals surface area contributed by atoms with E-state index in [0.29, 0.717) is 17.4 Å². The van der Waals surface area contributed by atoms with Crippen molar-refractivity contribution in [1.82, 2.24) is 10.3 Å². The number of ether oxygens (including phenoxy) is 2. The number of aromatic nitrogens is 1. The molecular weight excluding hydrogens is 306 g/mol. The van der Waals surface area contributed by atoms with Crippen LogP contribution in [-0.4, -0.2) is 38.2 Å². The van der Waals surface area contributed by atoms with Crippen LogP contribution in [0.1, 0.15) is 28.3 Å². The SMILES string of the molecule is COc1ccc(C(=O)Nc2ccc([C@@H]3CCNC3)cc2)c(OC)n1. The van der Waals surface area contributed by atoms with Crippen molar-refractivity contribution in [3.8, 4) is 11.8 Å². The Hall–Kier alpha value is -2.60. The molecule has 3 rings (SSSR count). The molecule has 0 aliphatic carbocycles. The molecule has 0 saturated carbocycles. The van der Waals surface area contributed by atoms with Crippen molar-refractivity contribution in [3.63, 3.8) is 0 Å². The Kier molecular flexibility index (Phi) is 4.96. The highest BCUT2D eigenvalue weighted by Gasteiger charge is 2.17. The second-order valence-corrected chi connectivity index (χ2v) is 5.68.